The Kier molecular flexibility index (Phi) is 63.7. The lowest BCUT2D eigenvalue weighted by molar-refractivity contribution is -0.161. The summed E-state index contributed by atoms with van der Waals surface area (Å²) >= 11 is 0. The van der Waals surface area contributed by atoms with Gasteiger partial charge in [-0.05, 0) is 37.5 Å². The van der Waals surface area contributed by atoms with Gasteiger partial charge in [-0.3, -0.25) is 37.3 Å². The molecule has 0 amide bonds. The molecule has 0 aliphatic heterocycles. The fraction of sp³-hybridized carbons (Fsp3) is 0.945. The third-order valence-corrected chi connectivity index (χ3v) is 18.9. The van der Waals surface area contributed by atoms with E-state index < -0.39 is 97.5 Å². The fourth-order valence-corrected chi connectivity index (χ4v) is 12.7. The summed E-state index contributed by atoms with van der Waals surface area (Å²) in [6.07, 6.45) is 51.5. The van der Waals surface area contributed by atoms with Crippen molar-refractivity contribution in [1.82, 2.24) is 0 Å². The second kappa shape index (κ2) is 65.0. The van der Waals surface area contributed by atoms with E-state index in [0.29, 0.717) is 31.6 Å². The van der Waals surface area contributed by atoms with Crippen molar-refractivity contribution in [2.24, 2.45) is 11.8 Å². The van der Waals surface area contributed by atoms with Gasteiger partial charge in [0.1, 0.15) is 19.3 Å². The fourth-order valence-electron chi connectivity index (χ4n) is 11.1. The highest BCUT2D eigenvalue weighted by molar-refractivity contribution is 7.47. The van der Waals surface area contributed by atoms with E-state index in [2.05, 4.69) is 41.5 Å². The third-order valence-electron chi connectivity index (χ3n) is 17.0. The second-order valence-electron chi connectivity index (χ2n) is 27.3. The van der Waals surface area contributed by atoms with E-state index in [0.717, 1.165) is 102 Å². The van der Waals surface area contributed by atoms with Gasteiger partial charge in [0, 0.05) is 25.7 Å². The van der Waals surface area contributed by atoms with Crippen LogP contribution in [0.2, 0.25) is 0 Å². The number of ether oxygens (including phenoxy) is 4. The highest BCUT2D eigenvalue weighted by Crippen LogP contribution is 2.45. The van der Waals surface area contributed by atoms with E-state index in [1.807, 2.05) is 0 Å². The molecule has 0 aromatic rings. The minimum Gasteiger partial charge on any atom is -0.462 e. The Morgan fingerprint density at radius 1 is 0.293 bits per heavy atom. The van der Waals surface area contributed by atoms with Crippen LogP contribution in [0.15, 0.2) is 0 Å². The molecule has 3 N–H and O–H groups in total. The van der Waals surface area contributed by atoms with Crippen molar-refractivity contribution in [3.05, 3.63) is 0 Å². The number of carbonyl (C=O) groups excluding carboxylic acids is 4. The highest BCUT2D eigenvalue weighted by atomic mass is 31.2. The van der Waals surface area contributed by atoms with Crippen LogP contribution in [0.3, 0.4) is 0 Å². The Balaban J connectivity index is 5.23. The van der Waals surface area contributed by atoms with Crippen LogP contribution in [-0.4, -0.2) is 96.7 Å². The number of aliphatic hydroxyl groups excluding tert-OH is 1. The van der Waals surface area contributed by atoms with Crippen LogP contribution in [-0.2, 0) is 65.4 Å². The lowest BCUT2D eigenvalue weighted by Crippen LogP contribution is -2.30. The molecule has 0 aliphatic rings. The number of aliphatic hydroxyl groups is 1. The Morgan fingerprint density at radius 2 is 0.500 bits per heavy atom. The van der Waals surface area contributed by atoms with Crippen molar-refractivity contribution in [2.45, 2.75) is 394 Å². The Bertz CT molecular complexity index is 1790. The summed E-state index contributed by atoms with van der Waals surface area (Å²) in [5.74, 6) is -0.725. The van der Waals surface area contributed by atoms with E-state index in [1.54, 1.807) is 0 Å². The molecule has 19 heteroatoms. The maximum Gasteiger partial charge on any atom is 0.472 e. The van der Waals surface area contributed by atoms with Crippen LogP contribution in [0.25, 0.3) is 0 Å². The van der Waals surface area contributed by atoms with E-state index in [-0.39, 0.29) is 25.7 Å². The molecule has 0 aromatic heterocycles. The number of hydrogen-bond donors (Lipinski definition) is 3. The number of phosphoric ester groups is 2. The van der Waals surface area contributed by atoms with Gasteiger partial charge in [-0.2, -0.15) is 0 Å². The summed E-state index contributed by atoms with van der Waals surface area (Å²) < 4.78 is 68.4. The zero-order valence-corrected chi connectivity index (χ0v) is 61.6. The predicted octanol–water partition coefficient (Wildman–Crippen LogP) is 21.2. The first-order chi connectivity index (χ1) is 44.4. The molecule has 5 atom stereocenters. The molecule has 0 saturated heterocycles. The van der Waals surface area contributed by atoms with Gasteiger partial charge in [-0.1, -0.05) is 324 Å². The number of unbranched alkanes of at least 4 members (excludes halogenated alkanes) is 42. The number of hydrogen-bond acceptors (Lipinski definition) is 15. The first-order valence-electron chi connectivity index (χ1n) is 38.0. The number of esters is 4. The van der Waals surface area contributed by atoms with Crippen molar-refractivity contribution in [3.63, 3.8) is 0 Å². The van der Waals surface area contributed by atoms with E-state index in [4.69, 9.17) is 37.0 Å². The van der Waals surface area contributed by atoms with Crippen LogP contribution in [0.4, 0.5) is 0 Å². The number of phosphoric acid groups is 2. The maximum atomic E-state index is 13.1. The molecule has 546 valence electrons. The van der Waals surface area contributed by atoms with Gasteiger partial charge < -0.3 is 33.8 Å². The molecule has 0 saturated carbocycles. The summed E-state index contributed by atoms with van der Waals surface area (Å²) in [6.45, 7) is 9.45. The predicted molar refractivity (Wildman–Crippen MR) is 372 cm³/mol. The van der Waals surface area contributed by atoms with Gasteiger partial charge in [0.15, 0.2) is 12.2 Å². The average molecular weight is 1350 g/mol. The van der Waals surface area contributed by atoms with Crippen LogP contribution in [0.5, 0.6) is 0 Å². The summed E-state index contributed by atoms with van der Waals surface area (Å²) in [5.41, 5.74) is 0. The SMILES string of the molecule is CCCCCCCCCCCCCCCCCCCC(=O)O[C@H](COC(=O)CCCCCCCCCCCCCCCCC)COP(=O)(O)OC[C@@H](O)COP(=O)(O)OC[C@@H](COC(=O)CCCCCCCCC(C)C)OC(=O)CCCCCCCCCCC(C)C. The molecular weight excluding hydrogens is 1210 g/mol. The van der Waals surface area contributed by atoms with Crippen molar-refractivity contribution in [2.75, 3.05) is 39.6 Å². The smallest absolute Gasteiger partial charge is 0.462 e. The molecule has 0 spiro atoms. The molecule has 0 rings (SSSR count). The standard InChI is InChI=1S/C73H142O17P2/c1-7-9-11-13-15-17-19-21-23-24-26-28-30-32-37-45-51-57-72(77)89-68(61-83-70(75)55-49-43-36-31-29-27-25-22-20-18-16-14-12-10-8-2)63-87-91(79,80)85-59-67(74)60-86-92(81,82)88-64-69(62-84-71(76)56-50-44-40-39-42-48-54-66(5)6)90-73(78)58-52-46-38-34-33-35-41-47-53-65(3)4/h65-69,74H,7-64H2,1-6H3,(H,79,80)(H,81,82)/t67-,68-,69-/m1/s1. The first-order valence-corrected chi connectivity index (χ1v) is 41.0. The summed E-state index contributed by atoms with van der Waals surface area (Å²) in [6, 6.07) is 0. The minimum atomic E-state index is -4.95. The van der Waals surface area contributed by atoms with Gasteiger partial charge in [0.05, 0.1) is 26.4 Å². The molecule has 0 heterocycles. The topological polar surface area (TPSA) is 237 Å². The van der Waals surface area contributed by atoms with Crippen LogP contribution >= 0.6 is 15.6 Å². The van der Waals surface area contributed by atoms with Crippen molar-refractivity contribution >= 4 is 39.5 Å². The van der Waals surface area contributed by atoms with Crippen LogP contribution < -0.4 is 0 Å². The Morgan fingerprint density at radius 3 is 0.739 bits per heavy atom. The minimum absolute atomic E-state index is 0.104. The first kappa shape index (κ1) is 90.1. The molecule has 0 bridgehead atoms. The summed E-state index contributed by atoms with van der Waals surface area (Å²) in [4.78, 5) is 72.6. The van der Waals surface area contributed by atoms with E-state index in [1.165, 1.54) is 186 Å². The van der Waals surface area contributed by atoms with E-state index >= 15 is 0 Å². The lowest BCUT2D eigenvalue weighted by Gasteiger charge is -2.21. The van der Waals surface area contributed by atoms with Crippen LogP contribution in [0, 0.1) is 11.8 Å². The monoisotopic (exact) mass is 1350 g/mol. The second-order valence-corrected chi connectivity index (χ2v) is 30.2. The third kappa shape index (κ3) is 66.7. The van der Waals surface area contributed by atoms with Crippen LogP contribution in [0.1, 0.15) is 375 Å². The lowest BCUT2D eigenvalue weighted by atomic mass is 10.0. The van der Waals surface area contributed by atoms with E-state index in [9.17, 15) is 43.2 Å². The average Bonchev–Trinajstić information content (AvgIpc) is 3.06. The van der Waals surface area contributed by atoms with Crippen molar-refractivity contribution in [1.29, 1.82) is 0 Å². The van der Waals surface area contributed by atoms with Gasteiger partial charge in [-0.25, -0.2) is 9.13 Å². The van der Waals surface area contributed by atoms with Gasteiger partial charge in [0.25, 0.3) is 0 Å². The zero-order valence-electron chi connectivity index (χ0n) is 59.9. The Labute approximate surface area is 562 Å². The normalized spacial score (nSPS) is 14.1. The van der Waals surface area contributed by atoms with Crippen molar-refractivity contribution in [3.8, 4) is 0 Å². The quantitative estimate of drug-likeness (QED) is 0.0222. The van der Waals surface area contributed by atoms with Gasteiger partial charge >= 0.3 is 39.5 Å². The van der Waals surface area contributed by atoms with Crippen molar-refractivity contribution < 1.29 is 80.2 Å². The summed E-state index contributed by atoms with van der Waals surface area (Å²) in [7, 11) is -9.90. The largest absolute Gasteiger partial charge is 0.472 e. The maximum absolute atomic E-state index is 13.1. The molecule has 0 aliphatic carbocycles. The zero-order chi connectivity index (χ0) is 67.9. The number of rotatable bonds is 72. The molecule has 0 radical (unpaired) electrons. The molecule has 0 fully saturated rings. The van der Waals surface area contributed by atoms with Gasteiger partial charge in [0.2, 0.25) is 0 Å². The summed E-state index contributed by atoms with van der Waals surface area (Å²) in [5, 5.41) is 10.6. The molecule has 2 unspecified atom stereocenters. The molecule has 92 heavy (non-hydrogen) atoms. The number of carbonyl (C=O) groups is 4. The molecular formula is C73H142O17P2. The molecule has 17 nitrogen and oxygen atoms in total. The highest BCUT2D eigenvalue weighted by Gasteiger charge is 2.30. The molecule has 0 aromatic carbocycles. The Hall–Kier alpha value is -1.94. The van der Waals surface area contributed by atoms with Gasteiger partial charge in [-0.15, -0.1) is 0 Å².